The van der Waals surface area contributed by atoms with Gasteiger partial charge in [0.25, 0.3) is 5.91 Å². The molecule has 0 aromatic heterocycles. The van der Waals surface area contributed by atoms with E-state index in [2.05, 4.69) is 12.1 Å². The van der Waals surface area contributed by atoms with Crippen molar-refractivity contribution in [2.75, 3.05) is 13.7 Å². The number of hydrogen-bond acceptors (Lipinski definition) is 5. The summed E-state index contributed by atoms with van der Waals surface area (Å²) in [6.45, 7) is 0.602. The van der Waals surface area contributed by atoms with Gasteiger partial charge in [-0.25, -0.2) is 0 Å². The van der Waals surface area contributed by atoms with E-state index in [1.165, 1.54) is 24.4 Å². The largest absolute Gasteiger partial charge is 0.504 e. The molecule has 1 heterocycles. The predicted octanol–water partition coefficient (Wildman–Crippen LogP) is 4.23. The number of methoxy groups -OCH3 is 1. The third kappa shape index (κ3) is 4.26. The summed E-state index contributed by atoms with van der Waals surface area (Å²) in [5, 5.41) is 9.88. The molecule has 1 N–H and O–H groups in total. The molecule has 1 aliphatic heterocycles. The van der Waals surface area contributed by atoms with Gasteiger partial charge in [-0.3, -0.25) is 9.69 Å². The van der Waals surface area contributed by atoms with Gasteiger partial charge in [0.15, 0.2) is 11.5 Å². The second-order valence-corrected chi connectivity index (χ2v) is 7.53. The number of phenols is 1. The molecule has 3 rings (SSSR count). The lowest BCUT2D eigenvalue weighted by molar-refractivity contribution is -0.122. The molecule has 4 nitrogen and oxygen atoms in total. The van der Waals surface area contributed by atoms with Crippen LogP contribution < -0.4 is 4.74 Å². The monoisotopic (exact) mass is 385 g/mol. The molecule has 2 aromatic carbocycles. The topological polar surface area (TPSA) is 49.8 Å². The number of benzene rings is 2. The van der Waals surface area contributed by atoms with Crippen molar-refractivity contribution in [2.24, 2.45) is 0 Å². The number of hydrogen-bond donors (Lipinski definition) is 1. The van der Waals surface area contributed by atoms with Gasteiger partial charge < -0.3 is 9.84 Å². The van der Waals surface area contributed by atoms with Gasteiger partial charge in [0.2, 0.25) is 0 Å². The Morgan fingerprint density at radius 2 is 2.00 bits per heavy atom. The van der Waals surface area contributed by atoms with Gasteiger partial charge in [0.1, 0.15) is 4.32 Å². The maximum atomic E-state index is 12.6. The van der Waals surface area contributed by atoms with E-state index in [-0.39, 0.29) is 11.7 Å². The van der Waals surface area contributed by atoms with Crippen molar-refractivity contribution in [3.63, 3.8) is 0 Å². The zero-order valence-corrected chi connectivity index (χ0v) is 16.0. The van der Waals surface area contributed by atoms with Crippen molar-refractivity contribution < 1.29 is 14.6 Å². The van der Waals surface area contributed by atoms with Crippen LogP contribution in [0.1, 0.15) is 17.5 Å². The van der Waals surface area contributed by atoms with Crippen LogP contribution in [0, 0.1) is 0 Å². The fourth-order valence-corrected chi connectivity index (χ4v) is 4.04. The highest BCUT2D eigenvalue weighted by Gasteiger charge is 2.31. The fourth-order valence-electron chi connectivity index (χ4n) is 2.73. The summed E-state index contributed by atoms with van der Waals surface area (Å²) in [5.41, 5.74) is 1.98. The lowest BCUT2D eigenvalue weighted by atomic mass is 10.1. The summed E-state index contributed by atoms with van der Waals surface area (Å²) >= 11 is 6.66. The number of nitrogens with zero attached hydrogens (tertiary/aromatic N) is 1. The molecule has 0 spiro atoms. The van der Waals surface area contributed by atoms with E-state index in [4.69, 9.17) is 17.0 Å². The van der Waals surface area contributed by atoms with Gasteiger partial charge in [-0.1, -0.05) is 60.4 Å². The smallest absolute Gasteiger partial charge is 0.266 e. The van der Waals surface area contributed by atoms with Crippen molar-refractivity contribution in [1.29, 1.82) is 0 Å². The molecule has 2 aromatic rings. The number of aryl methyl sites for hydroxylation is 1. The first-order valence-electron chi connectivity index (χ1n) is 8.25. The summed E-state index contributed by atoms with van der Waals surface area (Å²) < 4.78 is 5.61. The minimum Gasteiger partial charge on any atom is -0.504 e. The summed E-state index contributed by atoms with van der Waals surface area (Å²) in [7, 11) is 1.50. The van der Waals surface area contributed by atoms with Crippen molar-refractivity contribution in [3.05, 3.63) is 64.6 Å². The van der Waals surface area contributed by atoms with E-state index in [1.54, 1.807) is 29.2 Å². The number of rotatable bonds is 6. The first kappa shape index (κ1) is 18.5. The Morgan fingerprint density at radius 1 is 1.23 bits per heavy atom. The first-order chi connectivity index (χ1) is 12.6. The molecule has 0 atom stereocenters. The molecular formula is C20H19NO3S2. The predicted molar refractivity (Wildman–Crippen MR) is 109 cm³/mol. The number of carbonyl (C=O) groups excluding carboxylic acids is 1. The minimum atomic E-state index is -0.0802. The molecule has 0 aliphatic carbocycles. The Morgan fingerprint density at radius 3 is 2.69 bits per heavy atom. The highest BCUT2D eigenvalue weighted by Crippen LogP contribution is 2.34. The van der Waals surface area contributed by atoms with Gasteiger partial charge in [0.05, 0.1) is 12.0 Å². The van der Waals surface area contributed by atoms with Crippen LogP contribution >= 0.6 is 24.0 Å². The van der Waals surface area contributed by atoms with Crippen LogP contribution in [-0.4, -0.2) is 33.9 Å². The number of thioether (sulfide) groups is 1. The van der Waals surface area contributed by atoms with E-state index >= 15 is 0 Å². The van der Waals surface area contributed by atoms with Gasteiger partial charge in [-0.2, -0.15) is 0 Å². The zero-order valence-electron chi connectivity index (χ0n) is 14.3. The van der Waals surface area contributed by atoms with E-state index in [0.29, 0.717) is 21.5 Å². The molecule has 1 saturated heterocycles. The highest BCUT2D eigenvalue weighted by atomic mass is 32.2. The van der Waals surface area contributed by atoms with Gasteiger partial charge in [0, 0.05) is 6.54 Å². The molecule has 0 saturated carbocycles. The standard InChI is InChI=1S/C20H19NO3S2/c1-24-17-10-9-15(12-16(17)22)13-18-19(23)21(20(25)26-18)11-5-8-14-6-3-2-4-7-14/h2-4,6-7,9-10,12-13,22H,5,8,11H2,1H3/b18-13-. The lowest BCUT2D eigenvalue weighted by Crippen LogP contribution is -2.29. The third-order valence-electron chi connectivity index (χ3n) is 4.06. The molecule has 0 bridgehead atoms. The molecule has 0 radical (unpaired) electrons. The number of phenolic OH excluding ortho intramolecular Hbond substituents is 1. The zero-order chi connectivity index (χ0) is 18.5. The van der Waals surface area contributed by atoms with Crippen molar-refractivity contribution in [2.45, 2.75) is 12.8 Å². The van der Waals surface area contributed by atoms with E-state index < -0.39 is 0 Å². The maximum absolute atomic E-state index is 12.6. The van der Waals surface area contributed by atoms with Crippen LogP contribution in [0.4, 0.5) is 0 Å². The fraction of sp³-hybridized carbons (Fsp3) is 0.200. The average Bonchev–Trinajstić information content (AvgIpc) is 2.90. The minimum absolute atomic E-state index is 0.0413. The average molecular weight is 386 g/mol. The summed E-state index contributed by atoms with van der Waals surface area (Å²) in [6, 6.07) is 15.2. The van der Waals surface area contributed by atoms with Crippen LogP contribution in [0.15, 0.2) is 53.4 Å². The quantitative estimate of drug-likeness (QED) is 0.596. The summed E-state index contributed by atoms with van der Waals surface area (Å²) in [5.74, 6) is 0.360. The van der Waals surface area contributed by atoms with Crippen LogP contribution in [-0.2, 0) is 11.2 Å². The summed E-state index contributed by atoms with van der Waals surface area (Å²) in [6.07, 6.45) is 3.51. The molecule has 1 aliphatic rings. The second-order valence-electron chi connectivity index (χ2n) is 5.85. The van der Waals surface area contributed by atoms with E-state index in [0.717, 1.165) is 18.4 Å². The van der Waals surface area contributed by atoms with Crippen LogP contribution in [0.3, 0.4) is 0 Å². The van der Waals surface area contributed by atoms with E-state index in [9.17, 15) is 9.90 Å². The molecule has 1 amide bonds. The number of thiocarbonyl (C=S) groups is 1. The van der Waals surface area contributed by atoms with Gasteiger partial charge >= 0.3 is 0 Å². The molecule has 26 heavy (non-hydrogen) atoms. The van der Waals surface area contributed by atoms with Crippen molar-refractivity contribution >= 4 is 40.3 Å². The van der Waals surface area contributed by atoms with Gasteiger partial charge in [-0.05, 0) is 42.2 Å². The Hall–Kier alpha value is -2.31. The number of carbonyl (C=O) groups is 1. The van der Waals surface area contributed by atoms with E-state index in [1.807, 2.05) is 18.2 Å². The van der Waals surface area contributed by atoms with Crippen LogP contribution in [0.2, 0.25) is 0 Å². The second kappa shape index (κ2) is 8.38. The molecule has 0 unspecified atom stereocenters. The van der Waals surface area contributed by atoms with Crippen LogP contribution in [0.5, 0.6) is 11.5 Å². The number of aromatic hydroxyl groups is 1. The lowest BCUT2D eigenvalue weighted by Gasteiger charge is -2.14. The molecule has 1 fully saturated rings. The van der Waals surface area contributed by atoms with Crippen molar-refractivity contribution in [1.82, 2.24) is 4.90 Å². The third-order valence-corrected chi connectivity index (χ3v) is 5.44. The Kier molecular flexibility index (Phi) is 5.96. The number of amides is 1. The molecule has 134 valence electrons. The van der Waals surface area contributed by atoms with Crippen molar-refractivity contribution in [3.8, 4) is 11.5 Å². The SMILES string of the molecule is COc1ccc(/C=C2\SC(=S)N(CCCc3ccccc3)C2=O)cc1O. The highest BCUT2D eigenvalue weighted by molar-refractivity contribution is 8.26. The first-order valence-corrected chi connectivity index (χ1v) is 9.47. The Balaban J connectivity index is 1.65. The number of ether oxygens (including phenoxy) is 1. The van der Waals surface area contributed by atoms with Crippen LogP contribution in [0.25, 0.3) is 6.08 Å². The Bertz CT molecular complexity index is 849. The molecule has 6 heteroatoms. The summed E-state index contributed by atoms with van der Waals surface area (Å²) in [4.78, 5) is 14.9. The normalized spacial score (nSPS) is 15.7. The molecular weight excluding hydrogens is 366 g/mol. The maximum Gasteiger partial charge on any atom is 0.266 e. The van der Waals surface area contributed by atoms with Gasteiger partial charge in [-0.15, -0.1) is 0 Å². The Labute approximate surface area is 162 Å².